The molecule has 0 amide bonds. The van der Waals surface area contributed by atoms with Crippen molar-refractivity contribution in [3.63, 3.8) is 0 Å². The maximum atomic E-state index is 10.1. The van der Waals surface area contributed by atoms with Crippen molar-refractivity contribution in [2.24, 2.45) is 0 Å². The van der Waals surface area contributed by atoms with Crippen molar-refractivity contribution in [2.75, 3.05) is 0 Å². The largest absolute Gasteiger partial charge is 0.383 e. The first-order valence-corrected chi connectivity index (χ1v) is 5.78. The van der Waals surface area contributed by atoms with Gasteiger partial charge in [0.2, 0.25) is 0 Å². The van der Waals surface area contributed by atoms with Crippen molar-refractivity contribution in [3.05, 3.63) is 50.9 Å². The van der Waals surface area contributed by atoms with Gasteiger partial charge in [0.05, 0.1) is 16.1 Å². The van der Waals surface area contributed by atoms with Crippen LogP contribution in [0.25, 0.3) is 0 Å². The fraction of sp³-hybridized carbons (Fsp3) is 0.182. The van der Waals surface area contributed by atoms with Gasteiger partial charge in [-0.25, -0.2) is 4.98 Å². The Hall–Kier alpha value is -0.900. The summed E-state index contributed by atoms with van der Waals surface area (Å²) >= 11 is 7.32. The highest BCUT2D eigenvalue weighted by Gasteiger charge is 2.15. The molecule has 2 aromatic rings. The summed E-state index contributed by atoms with van der Waals surface area (Å²) < 4.78 is 0. The summed E-state index contributed by atoms with van der Waals surface area (Å²) in [5.41, 5.74) is 3.40. The molecule has 2 nitrogen and oxygen atoms in total. The van der Waals surface area contributed by atoms with E-state index < -0.39 is 6.10 Å². The molecule has 0 radical (unpaired) electrons. The Labute approximate surface area is 97.2 Å². The smallest absolute Gasteiger partial charge is 0.115 e. The van der Waals surface area contributed by atoms with Gasteiger partial charge in [-0.1, -0.05) is 23.7 Å². The SMILES string of the molecule is Cc1ncsc1C(O)c1cccc(Cl)c1. The van der Waals surface area contributed by atoms with E-state index in [-0.39, 0.29) is 0 Å². The summed E-state index contributed by atoms with van der Waals surface area (Å²) in [6, 6.07) is 7.25. The van der Waals surface area contributed by atoms with Gasteiger partial charge in [-0.15, -0.1) is 11.3 Å². The minimum Gasteiger partial charge on any atom is -0.383 e. The molecule has 1 unspecified atom stereocenters. The summed E-state index contributed by atoms with van der Waals surface area (Å²) in [6.45, 7) is 1.89. The van der Waals surface area contributed by atoms with Crippen LogP contribution in [0.15, 0.2) is 29.8 Å². The number of hydrogen-bond acceptors (Lipinski definition) is 3. The molecule has 1 aromatic carbocycles. The zero-order valence-corrected chi connectivity index (χ0v) is 9.72. The summed E-state index contributed by atoms with van der Waals surface area (Å²) in [7, 11) is 0. The molecule has 4 heteroatoms. The standard InChI is InChI=1S/C11H10ClNOS/c1-7-11(15-6-13-7)10(14)8-3-2-4-9(12)5-8/h2-6,10,14H,1H3. The van der Waals surface area contributed by atoms with Gasteiger partial charge in [-0.05, 0) is 24.6 Å². The molecule has 15 heavy (non-hydrogen) atoms. The second kappa shape index (κ2) is 4.31. The van der Waals surface area contributed by atoms with Crippen LogP contribution in [-0.4, -0.2) is 10.1 Å². The van der Waals surface area contributed by atoms with Gasteiger partial charge in [0.1, 0.15) is 6.10 Å². The van der Waals surface area contributed by atoms with E-state index in [9.17, 15) is 5.11 Å². The summed E-state index contributed by atoms with van der Waals surface area (Å²) in [6.07, 6.45) is -0.629. The molecule has 0 aliphatic carbocycles. The third-order valence-corrected chi connectivity index (χ3v) is 3.41. The van der Waals surface area contributed by atoms with Gasteiger partial charge < -0.3 is 5.11 Å². The average Bonchev–Trinajstić information content (AvgIpc) is 2.63. The van der Waals surface area contributed by atoms with E-state index in [0.717, 1.165) is 16.1 Å². The Balaban J connectivity index is 2.36. The molecule has 78 valence electrons. The number of hydrogen-bond donors (Lipinski definition) is 1. The third kappa shape index (κ3) is 2.20. The first kappa shape index (κ1) is 10.6. The predicted molar refractivity (Wildman–Crippen MR) is 62.4 cm³/mol. The van der Waals surface area contributed by atoms with E-state index >= 15 is 0 Å². The van der Waals surface area contributed by atoms with Crippen molar-refractivity contribution < 1.29 is 5.11 Å². The van der Waals surface area contributed by atoms with Gasteiger partial charge in [0.15, 0.2) is 0 Å². The van der Waals surface area contributed by atoms with Gasteiger partial charge in [0.25, 0.3) is 0 Å². The molecule has 0 saturated heterocycles. The quantitative estimate of drug-likeness (QED) is 0.873. The normalized spacial score (nSPS) is 12.7. The molecule has 1 heterocycles. The Kier molecular flexibility index (Phi) is 3.05. The summed E-state index contributed by atoms with van der Waals surface area (Å²) in [4.78, 5) is 4.98. The highest BCUT2D eigenvalue weighted by molar-refractivity contribution is 7.09. The minimum atomic E-state index is -0.629. The predicted octanol–water partition coefficient (Wildman–Crippen LogP) is 3.19. The van der Waals surface area contributed by atoms with Gasteiger partial charge >= 0.3 is 0 Å². The van der Waals surface area contributed by atoms with Crippen LogP contribution in [0.1, 0.15) is 22.2 Å². The lowest BCUT2D eigenvalue weighted by molar-refractivity contribution is 0.223. The van der Waals surface area contributed by atoms with Crippen LogP contribution >= 0.6 is 22.9 Å². The van der Waals surface area contributed by atoms with E-state index in [0.29, 0.717) is 5.02 Å². The summed E-state index contributed by atoms with van der Waals surface area (Å²) in [5, 5.41) is 10.7. The van der Waals surface area contributed by atoms with Gasteiger partial charge in [-0.2, -0.15) is 0 Å². The number of thiazole rings is 1. The zero-order valence-electron chi connectivity index (χ0n) is 8.14. The lowest BCUT2D eigenvalue weighted by atomic mass is 10.1. The fourth-order valence-electron chi connectivity index (χ4n) is 1.40. The van der Waals surface area contributed by atoms with Crippen LogP contribution in [-0.2, 0) is 0 Å². The number of aryl methyl sites for hydroxylation is 1. The molecule has 0 fully saturated rings. The monoisotopic (exact) mass is 239 g/mol. The van der Waals surface area contributed by atoms with Crippen LogP contribution in [0.4, 0.5) is 0 Å². The number of halogens is 1. The van der Waals surface area contributed by atoms with Crippen LogP contribution in [0, 0.1) is 6.92 Å². The zero-order chi connectivity index (χ0) is 10.8. The lowest BCUT2D eigenvalue weighted by Gasteiger charge is -2.09. The molecule has 1 aromatic heterocycles. The molecule has 0 spiro atoms. The average molecular weight is 240 g/mol. The van der Waals surface area contributed by atoms with Crippen LogP contribution in [0.5, 0.6) is 0 Å². The second-order valence-corrected chi connectivity index (χ2v) is 4.58. The van der Waals surface area contributed by atoms with Gasteiger partial charge in [0, 0.05) is 5.02 Å². The molecule has 0 aliphatic rings. The molecule has 2 rings (SSSR count). The molecule has 1 atom stereocenters. The second-order valence-electron chi connectivity index (χ2n) is 3.26. The minimum absolute atomic E-state index is 0.629. The van der Waals surface area contributed by atoms with Crippen molar-refractivity contribution in [3.8, 4) is 0 Å². The third-order valence-electron chi connectivity index (χ3n) is 2.20. The number of benzene rings is 1. The molecule has 0 saturated carbocycles. The molecular formula is C11H10ClNOS. The fourth-order valence-corrected chi connectivity index (χ4v) is 2.41. The van der Waals surface area contributed by atoms with Crippen molar-refractivity contribution >= 4 is 22.9 Å². The van der Waals surface area contributed by atoms with Gasteiger partial charge in [-0.3, -0.25) is 0 Å². The lowest BCUT2D eigenvalue weighted by Crippen LogP contribution is -1.98. The Morgan fingerprint density at radius 2 is 2.27 bits per heavy atom. The number of rotatable bonds is 2. The number of aromatic nitrogens is 1. The van der Waals surface area contributed by atoms with E-state index in [1.165, 1.54) is 11.3 Å². The summed E-state index contributed by atoms with van der Waals surface area (Å²) in [5.74, 6) is 0. The van der Waals surface area contributed by atoms with Crippen molar-refractivity contribution in [2.45, 2.75) is 13.0 Å². The maximum absolute atomic E-state index is 10.1. The molecular weight excluding hydrogens is 230 g/mol. The molecule has 1 N–H and O–H groups in total. The Morgan fingerprint density at radius 1 is 1.47 bits per heavy atom. The Bertz CT molecular complexity index is 469. The van der Waals surface area contributed by atoms with Crippen LogP contribution in [0.2, 0.25) is 5.02 Å². The van der Waals surface area contributed by atoms with E-state index in [1.807, 2.05) is 19.1 Å². The number of aliphatic hydroxyl groups is 1. The molecule has 0 bridgehead atoms. The number of aliphatic hydroxyl groups excluding tert-OH is 1. The maximum Gasteiger partial charge on any atom is 0.115 e. The van der Waals surface area contributed by atoms with Crippen LogP contribution < -0.4 is 0 Å². The van der Waals surface area contributed by atoms with E-state index in [2.05, 4.69) is 4.98 Å². The highest BCUT2D eigenvalue weighted by Crippen LogP contribution is 2.28. The first-order valence-electron chi connectivity index (χ1n) is 4.52. The van der Waals surface area contributed by atoms with E-state index in [1.54, 1.807) is 17.6 Å². The topological polar surface area (TPSA) is 33.1 Å². The highest BCUT2D eigenvalue weighted by atomic mass is 35.5. The van der Waals surface area contributed by atoms with Crippen molar-refractivity contribution in [1.29, 1.82) is 0 Å². The van der Waals surface area contributed by atoms with E-state index in [4.69, 9.17) is 11.6 Å². The molecule has 0 aliphatic heterocycles. The van der Waals surface area contributed by atoms with Crippen LogP contribution in [0.3, 0.4) is 0 Å². The first-order chi connectivity index (χ1) is 7.18. The Morgan fingerprint density at radius 3 is 2.87 bits per heavy atom. The van der Waals surface area contributed by atoms with Crippen molar-refractivity contribution in [1.82, 2.24) is 4.98 Å². The number of nitrogens with zero attached hydrogens (tertiary/aromatic N) is 1.